The molecular formula is C17H26N2O5. The van der Waals surface area contributed by atoms with E-state index in [-0.39, 0.29) is 18.0 Å². The van der Waals surface area contributed by atoms with Gasteiger partial charge in [0.05, 0.1) is 12.0 Å². The number of esters is 1. The number of carbonyl (C=O) groups excluding carboxylic acids is 3. The molecule has 0 N–H and O–H groups in total. The summed E-state index contributed by atoms with van der Waals surface area (Å²) in [5.74, 6) is -0.386. The van der Waals surface area contributed by atoms with Gasteiger partial charge in [-0.1, -0.05) is 13.8 Å². The van der Waals surface area contributed by atoms with Crippen molar-refractivity contribution in [2.24, 2.45) is 10.8 Å². The van der Waals surface area contributed by atoms with Crippen LogP contribution in [-0.4, -0.2) is 66.2 Å². The van der Waals surface area contributed by atoms with E-state index < -0.39 is 16.4 Å². The number of piperazine rings is 1. The van der Waals surface area contributed by atoms with Crippen molar-refractivity contribution in [1.82, 2.24) is 9.80 Å². The molecule has 3 rings (SSSR count). The molecular weight excluding hydrogens is 312 g/mol. The summed E-state index contributed by atoms with van der Waals surface area (Å²) in [5, 5.41) is 0. The highest BCUT2D eigenvalue weighted by molar-refractivity contribution is 5.96. The number of hydrogen-bond acceptors (Lipinski definition) is 5. The molecule has 1 saturated carbocycles. The van der Waals surface area contributed by atoms with Gasteiger partial charge in [-0.25, -0.2) is 4.79 Å². The molecule has 0 spiro atoms. The van der Waals surface area contributed by atoms with Gasteiger partial charge in [-0.2, -0.15) is 0 Å². The summed E-state index contributed by atoms with van der Waals surface area (Å²) in [6.07, 6.45) is 0.899. The van der Waals surface area contributed by atoms with Crippen molar-refractivity contribution in [2.45, 2.75) is 46.1 Å². The Morgan fingerprint density at radius 1 is 1.08 bits per heavy atom. The average Bonchev–Trinajstić information content (AvgIpc) is 2.85. The number of carbonyl (C=O) groups is 3. The van der Waals surface area contributed by atoms with E-state index in [9.17, 15) is 14.4 Å². The average molecular weight is 338 g/mol. The second-order valence-corrected chi connectivity index (χ2v) is 7.65. The molecule has 0 aromatic carbocycles. The van der Waals surface area contributed by atoms with Crippen LogP contribution in [0.25, 0.3) is 0 Å². The van der Waals surface area contributed by atoms with E-state index in [1.165, 1.54) is 0 Å². The van der Waals surface area contributed by atoms with E-state index in [0.717, 1.165) is 0 Å². The summed E-state index contributed by atoms with van der Waals surface area (Å²) in [4.78, 5) is 40.6. The van der Waals surface area contributed by atoms with Crippen LogP contribution >= 0.6 is 0 Å². The molecule has 3 aliphatic rings. The van der Waals surface area contributed by atoms with Gasteiger partial charge >= 0.3 is 12.1 Å². The Bertz CT molecular complexity index is 582. The fourth-order valence-electron chi connectivity index (χ4n) is 4.28. The van der Waals surface area contributed by atoms with Crippen molar-refractivity contribution in [1.29, 1.82) is 0 Å². The highest BCUT2D eigenvalue weighted by Crippen LogP contribution is 2.65. The Morgan fingerprint density at radius 2 is 1.67 bits per heavy atom. The molecule has 7 heteroatoms. The Hall–Kier alpha value is -1.79. The van der Waals surface area contributed by atoms with Gasteiger partial charge in [0.2, 0.25) is 0 Å². The van der Waals surface area contributed by atoms with Gasteiger partial charge in [0.15, 0.2) is 5.60 Å². The molecule has 2 atom stereocenters. The lowest BCUT2D eigenvalue weighted by atomic mass is 9.66. The maximum atomic E-state index is 13.2. The van der Waals surface area contributed by atoms with Crippen molar-refractivity contribution in [2.75, 3.05) is 32.8 Å². The molecule has 2 saturated heterocycles. The number of nitrogens with zero attached hydrogens (tertiary/aromatic N) is 2. The highest BCUT2D eigenvalue weighted by atomic mass is 16.6. The van der Waals surface area contributed by atoms with Crippen LogP contribution < -0.4 is 0 Å². The van der Waals surface area contributed by atoms with Crippen molar-refractivity contribution in [3.8, 4) is 0 Å². The summed E-state index contributed by atoms with van der Waals surface area (Å²) >= 11 is 0. The standard InChI is InChI=1S/C17H26N2O5/c1-5-23-14(22)19-10-8-18(9-11-19)12(20)17-7-6-16(4,13(21)24-17)15(17,2)3/h5-11H2,1-4H3/t16-,17+/m1/s1. The minimum absolute atomic E-state index is 0.120. The molecule has 0 aromatic rings. The van der Waals surface area contributed by atoms with Gasteiger partial charge in [-0.3, -0.25) is 9.59 Å². The third-order valence-electron chi connectivity index (χ3n) is 6.52. The first-order valence-corrected chi connectivity index (χ1v) is 8.64. The lowest BCUT2D eigenvalue weighted by molar-refractivity contribution is -0.174. The van der Waals surface area contributed by atoms with Crippen LogP contribution in [0.3, 0.4) is 0 Å². The number of fused-ring (bicyclic) bond motifs is 2. The van der Waals surface area contributed by atoms with Gasteiger partial charge in [0.25, 0.3) is 5.91 Å². The highest BCUT2D eigenvalue weighted by Gasteiger charge is 2.76. The lowest BCUT2D eigenvalue weighted by Gasteiger charge is -2.41. The minimum Gasteiger partial charge on any atom is -0.450 e. The van der Waals surface area contributed by atoms with Crippen LogP contribution in [0.1, 0.15) is 40.5 Å². The molecule has 2 bridgehead atoms. The van der Waals surface area contributed by atoms with Crippen molar-refractivity contribution >= 4 is 18.0 Å². The van der Waals surface area contributed by atoms with Crippen LogP contribution in [0.15, 0.2) is 0 Å². The molecule has 0 unspecified atom stereocenters. The zero-order chi connectivity index (χ0) is 17.8. The topological polar surface area (TPSA) is 76.2 Å². The zero-order valence-electron chi connectivity index (χ0n) is 14.9. The van der Waals surface area contributed by atoms with E-state index in [0.29, 0.717) is 45.6 Å². The van der Waals surface area contributed by atoms with Crippen molar-refractivity contribution in [3.63, 3.8) is 0 Å². The van der Waals surface area contributed by atoms with Gasteiger partial charge in [-0.05, 0) is 26.7 Å². The van der Waals surface area contributed by atoms with Crippen LogP contribution in [0, 0.1) is 10.8 Å². The molecule has 2 amide bonds. The smallest absolute Gasteiger partial charge is 0.409 e. The molecule has 2 heterocycles. The summed E-state index contributed by atoms with van der Waals surface area (Å²) in [5.41, 5.74) is -2.20. The predicted octanol–water partition coefficient (Wildman–Crippen LogP) is 1.41. The van der Waals surface area contributed by atoms with E-state index in [4.69, 9.17) is 9.47 Å². The zero-order valence-corrected chi connectivity index (χ0v) is 14.9. The SMILES string of the molecule is CCOC(=O)N1CCN(C(=O)[C@]23CC[C@](C)(C(=O)O2)C3(C)C)CC1. The Labute approximate surface area is 142 Å². The minimum atomic E-state index is -1.06. The first kappa shape index (κ1) is 17.0. The fraction of sp³-hybridized carbons (Fsp3) is 0.824. The van der Waals surface area contributed by atoms with Gasteiger partial charge < -0.3 is 19.3 Å². The molecule has 0 aromatic heterocycles. The molecule has 0 radical (unpaired) electrons. The first-order chi connectivity index (χ1) is 11.2. The molecule has 134 valence electrons. The number of ether oxygens (including phenoxy) is 2. The first-order valence-electron chi connectivity index (χ1n) is 8.64. The van der Waals surface area contributed by atoms with Gasteiger partial charge in [-0.15, -0.1) is 0 Å². The largest absolute Gasteiger partial charge is 0.450 e. The monoisotopic (exact) mass is 338 g/mol. The normalized spacial score (nSPS) is 34.2. The molecule has 3 fully saturated rings. The predicted molar refractivity (Wildman–Crippen MR) is 85.1 cm³/mol. The summed E-state index contributed by atoms with van der Waals surface area (Å²) in [7, 11) is 0. The lowest BCUT2D eigenvalue weighted by Crippen LogP contribution is -2.59. The summed E-state index contributed by atoms with van der Waals surface area (Å²) in [6, 6.07) is 0. The third-order valence-corrected chi connectivity index (χ3v) is 6.52. The Balaban J connectivity index is 1.73. The summed E-state index contributed by atoms with van der Waals surface area (Å²) < 4.78 is 10.7. The fourth-order valence-corrected chi connectivity index (χ4v) is 4.28. The van der Waals surface area contributed by atoms with E-state index in [1.54, 1.807) is 16.7 Å². The molecule has 2 aliphatic heterocycles. The van der Waals surface area contributed by atoms with Crippen LogP contribution in [-0.2, 0) is 19.1 Å². The van der Waals surface area contributed by atoms with Gasteiger partial charge in [0.1, 0.15) is 0 Å². The number of amides is 2. The maximum Gasteiger partial charge on any atom is 0.409 e. The quantitative estimate of drug-likeness (QED) is 0.712. The van der Waals surface area contributed by atoms with Crippen LogP contribution in [0.5, 0.6) is 0 Å². The summed E-state index contributed by atoms with van der Waals surface area (Å²) in [6.45, 7) is 9.66. The van der Waals surface area contributed by atoms with Crippen LogP contribution in [0.4, 0.5) is 4.79 Å². The van der Waals surface area contributed by atoms with Gasteiger partial charge in [0, 0.05) is 31.6 Å². The molecule has 24 heavy (non-hydrogen) atoms. The maximum absolute atomic E-state index is 13.2. The second-order valence-electron chi connectivity index (χ2n) is 7.65. The van der Waals surface area contributed by atoms with E-state index in [1.807, 2.05) is 20.8 Å². The Kier molecular flexibility index (Phi) is 3.81. The molecule has 7 nitrogen and oxygen atoms in total. The van der Waals surface area contributed by atoms with E-state index in [2.05, 4.69) is 0 Å². The van der Waals surface area contributed by atoms with Crippen molar-refractivity contribution < 1.29 is 23.9 Å². The second kappa shape index (κ2) is 5.36. The number of rotatable bonds is 2. The van der Waals surface area contributed by atoms with E-state index >= 15 is 0 Å². The van der Waals surface area contributed by atoms with Crippen LogP contribution in [0.2, 0.25) is 0 Å². The third kappa shape index (κ3) is 1.99. The number of hydrogen-bond donors (Lipinski definition) is 0. The Morgan fingerprint density at radius 3 is 2.12 bits per heavy atom. The molecule has 1 aliphatic carbocycles. The van der Waals surface area contributed by atoms with Crippen molar-refractivity contribution in [3.05, 3.63) is 0 Å².